The van der Waals surface area contributed by atoms with Crippen LogP contribution in [-0.2, 0) is 18.2 Å². The van der Waals surface area contributed by atoms with E-state index in [-0.39, 0.29) is 0 Å². The zero-order chi connectivity index (χ0) is 4.99. The summed E-state index contributed by atoms with van der Waals surface area (Å²) in [7, 11) is 0. The predicted octanol–water partition coefficient (Wildman–Crippen LogP) is -0.369. The molecule has 6 heavy (non-hydrogen) atoms. The Labute approximate surface area is 43.7 Å². The molecule has 36 valence electrons. The summed E-state index contributed by atoms with van der Waals surface area (Å²) < 4.78 is 18.0. The van der Waals surface area contributed by atoms with Crippen LogP contribution >= 0.6 is 0 Å². The molecule has 0 unspecified atom stereocenters. The van der Waals surface area contributed by atoms with Crippen molar-refractivity contribution in [1.29, 1.82) is 0 Å². The Kier molecular flexibility index (Phi) is 4.00. The van der Waals surface area contributed by atoms with Crippen LogP contribution in [0.4, 0.5) is 0 Å². The molecular weight excluding hydrogens is 116 g/mol. The average Bonchev–Trinajstić information content (AvgIpc) is 1.35. The maximum atomic E-state index is 8.22. The van der Waals surface area contributed by atoms with Crippen LogP contribution < -0.4 is 0 Å². The Hall–Kier alpha value is 0.504. The monoisotopic (exact) mass is 124 g/mol. The van der Waals surface area contributed by atoms with Crippen LogP contribution in [0.3, 0.4) is 0 Å². The van der Waals surface area contributed by atoms with Crippen molar-refractivity contribution in [3.05, 3.63) is 0 Å². The van der Waals surface area contributed by atoms with Gasteiger partial charge in [-0.05, 0) is 0 Å². The predicted molar refractivity (Wildman–Crippen MR) is 20.8 cm³/mol. The van der Waals surface area contributed by atoms with Gasteiger partial charge in [-0.1, -0.05) is 0 Å². The van der Waals surface area contributed by atoms with Crippen LogP contribution in [0.25, 0.3) is 0 Å². The first-order chi connectivity index (χ1) is 2.77. The Morgan fingerprint density at radius 1 is 1.67 bits per heavy atom. The van der Waals surface area contributed by atoms with E-state index in [1.165, 1.54) is 0 Å². The first-order valence-electron chi connectivity index (χ1n) is 1.85. The van der Waals surface area contributed by atoms with Gasteiger partial charge < -0.3 is 0 Å². The summed E-state index contributed by atoms with van der Waals surface area (Å²) in [6.45, 7) is 1.89. The third-order valence-electron chi connectivity index (χ3n) is 0.387. The second-order valence-electron chi connectivity index (χ2n) is 0.971. The van der Waals surface area contributed by atoms with Crippen molar-refractivity contribution in [3.63, 3.8) is 0 Å². The molecule has 0 aromatic heterocycles. The van der Waals surface area contributed by atoms with Crippen molar-refractivity contribution in [1.82, 2.24) is 0 Å². The SMILES string of the molecule is CC[CH]=[Ti]([OH])[OH]. The van der Waals surface area contributed by atoms with Gasteiger partial charge in [-0.25, -0.2) is 0 Å². The fraction of sp³-hybridized carbons (Fsp3) is 0.667. The molecule has 0 heterocycles. The van der Waals surface area contributed by atoms with Crippen LogP contribution in [0.1, 0.15) is 13.3 Å². The third-order valence-corrected chi connectivity index (χ3v) is 1.59. The van der Waals surface area contributed by atoms with Crippen molar-refractivity contribution in [3.8, 4) is 0 Å². The first-order valence-corrected chi connectivity index (χ1v) is 4.15. The maximum absolute atomic E-state index is 8.22. The van der Waals surface area contributed by atoms with E-state index >= 15 is 0 Å². The van der Waals surface area contributed by atoms with E-state index in [1.807, 2.05) is 6.92 Å². The van der Waals surface area contributed by atoms with Gasteiger partial charge in [-0.2, -0.15) is 0 Å². The van der Waals surface area contributed by atoms with E-state index in [0.717, 1.165) is 6.42 Å². The molecule has 0 aliphatic heterocycles. The second-order valence-corrected chi connectivity index (χ2v) is 2.73. The summed E-state index contributed by atoms with van der Waals surface area (Å²) in [5.41, 5.74) is 0. The van der Waals surface area contributed by atoms with E-state index in [1.54, 1.807) is 4.31 Å². The molecule has 0 amide bonds. The van der Waals surface area contributed by atoms with Crippen LogP contribution in [-0.4, -0.2) is 11.7 Å². The normalized spacial score (nSPS) is 7.83. The van der Waals surface area contributed by atoms with Crippen molar-refractivity contribution in [2.75, 3.05) is 0 Å². The zero-order valence-corrected chi connectivity index (χ0v) is 5.24. The molecule has 0 saturated carbocycles. The Morgan fingerprint density at radius 2 is 2.17 bits per heavy atom. The molecule has 0 fully saturated rings. The van der Waals surface area contributed by atoms with E-state index < -0.39 is 18.2 Å². The molecule has 0 aliphatic rings. The quantitative estimate of drug-likeness (QED) is 0.468. The number of hydrogen-bond donors (Lipinski definition) is 2. The molecular formula is C3H8O2Ti. The standard InChI is InChI=1S/C3H6.2H2O.Ti/c1-3-2;;;/h1H,3H2,2H3;2*1H2;/q;;;+2/p-2. The molecule has 0 radical (unpaired) electrons. The van der Waals surface area contributed by atoms with Gasteiger partial charge in [0.2, 0.25) is 0 Å². The van der Waals surface area contributed by atoms with Gasteiger partial charge >= 0.3 is 43.2 Å². The first kappa shape index (κ1) is 6.50. The van der Waals surface area contributed by atoms with Crippen molar-refractivity contribution in [2.24, 2.45) is 0 Å². The molecule has 2 nitrogen and oxygen atoms in total. The fourth-order valence-corrected chi connectivity index (χ4v) is 0.753. The van der Waals surface area contributed by atoms with Gasteiger partial charge in [0.25, 0.3) is 0 Å². The van der Waals surface area contributed by atoms with Crippen LogP contribution in [0.5, 0.6) is 0 Å². The summed E-state index contributed by atoms with van der Waals surface area (Å²) in [5.74, 6) is 0. The molecule has 0 aromatic carbocycles. The van der Waals surface area contributed by atoms with E-state index in [9.17, 15) is 0 Å². The molecule has 2 N–H and O–H groups in total. The third kappa shape index (κ3) is 4.50. The van der Waals surface area contributed by atoms with Crippen LogP contribution in [0.15, 0.2) is 0 Å². The van der Waals surface area contributed by atoms with Gasteiger partial charge in [0.1, 0.15) is 0 Å². The molecule has 0 saturated heterocycles. The van der Waals surface area contributed by atoms with Gasteiger partial charge in [0, 0.05) is 0 Å². The van der Waals surface area contributed by atoms with Crippen molar-refractivity contribution < 1.29 is 25.6 Å². The minimum atomic E-state index is -2.51. The molecule has 0 spiro atoms. The second kappa shape index (κ2) is 3.69. The van der Waals surface area contributed by atoms with Crippen LogP contribution in [0.2, 0.25) is 0 Å². The van der Waals surface area contributed by atoms with Gasteiger partial charge in [-0.3, -0.25) is 0 Å². The van der Waals surface area contributed by atoms with Gasteiger partial charge in [0.15, 0.2) is 0 Å². The van der Waals surface area contributed by atoms with Gasteiger partial charge in [0.05, 0.1) is 0 Å². The summed E-state index contributed by atoms with van der Waals surface area (Å²) in [5, 5.41) is 0. The molecule has 0 aliphatic carbocycles. The van der Waals surface area contributed by atoms with Crippen molar-refractivity contribution >= 4 is 4.31 Å². The van der Waals surface area contributed by atoms with Crippen LogP contribution in [0, 0.1) is 0 Å². The number of rotatable bonds is 1. The fourth-order valence-electron chi connectivity index (χ4n) is 0.183. The molecule has 3 heteroatoms. The topological polar surface area (TPSA) is 40.5 Å². The Balaban J connectivity index is 3.14. The molecule has 0 aromatic rings. The molecule has 0 atom stereocenters. The summed E-state index contributed by atoms with van der Waals surface area (Å²) >= 11 is -2.51. The zero-order valence-electron chi connectivity index (χ0n) is 3.68. The Morgan fingerprint density at radius 3 is 2.17 bits per heavy atom. The Bertz CT molecular complexity index is 55.8. The summed E-state index contributed by atoms with van der Waals surface area (Å²) in [6.07, 6.45) is 0.780. The molecule has 0 bridgehead atoms. The molecule has 0 rings (SSSR count). The van der Waals surface area contributed by atoms with E-state index in [0.29, 0.717) is 0 Å². The minimum absolute atomic E-state index is 0.780. The summed E-state index contributed by atoms with van der Waals surface area (Å²) in [4.78, 5) is 0. The van der Waals surface area contributed by atoms with Gasteiger partial charge in [-0.15, -0.1) is 0 Å². The van der Waals surface area contributed by atoms with E-state index in [4.69, 9.17) is 7.38 Å². The van der Waals surface area contributed by atoms with Crippen molar-refractivity contribution in [2.45, 2.75) is 13.3 Å². The average molecular weight is 124 g/mol. The summed E-state index contributed by atoms with van der Waals surface area (Å²) in [6, 6.07) is 0. The number of hydrogen-bond acceptors (Lipinski definition) is 2. The van der Waals surface area contributed by atoms with E-state index in [2.05, 4.69) is 0 Å².